The Balaban J connectivity index is 0.000000307. The Morgan fingerprint density at radius 3 is 0.974 bits per heavy atom. The molecule has 0 heterocycles. The third kappa shape index (κ3) is 21.0. The van der Waals surface area contributed by atoms with Gasteiger partial charge in [-0.05, 0) is 12.8 Å². The van der Waals surface area contributed by atoms with Crippen LogP contribution in [-0.4, -0.2) is 24.3 Å². The number of hydrogen-bond acceptors (Lipinski definition) is 3. The van der Waals surface area contributed by atoms with E-state index in [9.17, 15) is 9.90 Å². The molecule has 3 aliphatic rings. The van der Waals surface area contributed by atoms with Gasteiger partial charge in [-0.3, -0.25) is 0 Å². The van der Waals surface area contributed by atoms with E-state index in [0.29, 0.717) is 6.61 Å². The van der Waals surface area contributed by atoms with E-state index in [1.54, 1.807) is 0 Å². The fraction of sp³-hybridized carbons (Fsp3) is 0.914. The molecule has 0 aliphatic heterocycles. The quantitative estimate of drug-likeness (QED) is 0.288. The lowest BCUT2D eigenvalue weighted by Gasteiger charge is -2.32. The Hall–Kier alpha value is -0.830. The predicted molar refractivity (Wildman–Crippen MR) is 165 cm³/mol. The zero-order valence-electron chi connectivity index (χ0n) is 25.5. The van der Waals surface area contributed by atoms with Crippen molar-refractivity contribution in [3.63, 3.8) is 0 Å². The lowest BCUT2D eigenvalue weighted by Crippen LogP contribution is -2.32. The van der Waals surface area contributed by atoms with Gasteiger partial charge in [0, 0.05) is 11.5 Å². The minimum atomic E-state index is -0.389. The van der Waals surface area contributed by atoms with E-state index in [-0.39, 0.29) is 18.0 Å². The molecule has 3 fully saturated rings. The van der Waals surface area contributed by atoms with Gasteiger partial charge in [0.1, 0.15) is 0 Å². The topological polar surface area (TPSA) is 46.5 Å². The normalized spacial score (nSPS) is 22.6. The summed E-state index contributed by atoms with van der Waals surface area (Å²) < 4.78 is 5.18. The molecule has 0 unspecified atom stereocenters. The summed E-state index contributed by atoms with van der Waals surface area (Å²) in [7, 11) is 0. The fourth-order valence-corrected chi connectivity index (χ4v) is 6.18. The van der Waals surface area contributed by atoms with E-state index in [0.717, 1.165) is 25.7 Å². The van der Waals surface area contributed by atoms with E-state index >= 15 is 0 Å². The van der Waals surface area contributed by atoms with E-state index in [1.165, 1.54) is 167 Å². The Morgan fingerprint density at radius 2 is 0.763 bits per heavy atom. The molecule has 3 aliphatic carbocycles. The lowest BCUT2D eigenvalue weighted by atomic mass is 9.78. The minimum Gasteiger partial charge on any atom is -0.462 e. The molecule has 0 aromatic rings. The Kier molecular flexibility index (Phi) is 24.4. The maximum Gasteiger partial charge on any atom is 0.330 e. The van der Waals surface area contributed by atoms with Crippen LogP contribution in [0, 0.1) is 5.41 Å². The van der Waals surface area contributed by atoms with Crippen LogP contribution in [0.4, 0.5) is 0 Å². The highest BCUT2D eigenvalue weighted by molar-refractivity contribution is 5.81. The molecule has 0 amide bonds. The second kappa shape index (κ2) is 26.4. The number of hydrogen-bond donors (Lipinski definition) is 1. The van der Waals surface area contributed by atoms with Crippen molar-refractivity contribution in [1.29, 1.82) is 0 Å². The van der Waals surface area contributed by atoms with Gasteiger partial charge in [-0.1, -0.05) is 180 Å². The number of ether oxygens (including phenoxy) is 1. The second-order valence-electron chi connectivity index (χ2n) is 12.5. The van der Waals surface area contributed by atoms with E-state index in [2.05, 4.69) is 6.58 Å². The first-order chi connectivity index (χ1) is 18.7. The van der Waals surface area contributed by atoms with Crippen LogP contribution >= 0.6 is 0 Å². The molecule has 3 nitrogen and oxygen atoms in total. The molecule has 1 N–H and O–H groups in total. The van der Waals surface area contributed by atoms with E-state index in [4.69, 9.17) is 4.74 Å². The molecular formula is C35H66O3. The Labute approximate surface area is 238 Å². The highest BCUT2D eigenvalue weighted by Crippen LogP contribution is 2.33. The van der Waals surface area contributed by atoms with Crippen molar-refractivity contribution in [2.24, 2.45) is 5.41 Å². The summed E-state index contributed by atoms with van der Waals surface area (Å²) in [6.45, 7) is 3.83. The van der Waals surface area contributed by atoms with Gasteiger partial charge in [0.05, 0.1) is 13.2 Å². The van der Waals surface area contributed by atoms with Crippen molar-refractivity contribution < 1.29 is 14.6 Å². The van der Waals surface area contributed by atoms with Gasteiger partial charge in [0.25, 0.3) is 0 Å². The average molecular weight is 535 g/mol. The molecule has 3 heteroatoms. The first-order valence-electron chi connectivity index (χ1n) is 17.1. The molecule has 3 rings (SSSR count). The van der Waals surface area contributed by atoms with Crippen LogP contribution < -0.4 is 0 Å². The van der Waals surface area contributed by atoms with Gasteiger partial charge in [0.2, 0.25) is 0 Å². The van der Waals surface area contributed by atoms with Gasteiger partial charge >= 0.3 is 5.97 Å². The maximum absolute atomic E-state index is 11.2. The third-order valence-corrected chi connectivity index (χ3v) is 8.94. The van der Waals surface area contributed by atoms with Crippen molar-refractivity contribution >= 4 is 5.97 Å². The van der Waals surface area contributed by atoms with E-state index < -0.39 is 0 Å². The monoisotopic (exact) mass is 535 g/mol. The zero-order chi connectivity index (χ0) is 27.4. The van der Waals surface area contributed by atoms with Crippen LogP contribution in [0.15, 0.2) is 12.7 Å². The molecule has 0 saturated heterocycles. The summed E-state index contributed by atoms with van der Waals surface area (Å²) in [5.41, 5.74) is -0.226. The van der Waals surface area contributed by atoms with Crippen LogP contribution in [0.2, 0.25) is 0 Å². The number of aliphatic hydroxyl groups is 1. The number of rotatable bonds is 4. The summed E-state index contributed by atoms with van der Waals surface area (Å²) in [4.78, 5) is 11.2. The summed E-state index contributed by atoms with van der Waals surface area (Å²) >= 11 is 0. The van der Waals surface area contributed by atoms with Crippen LogP contribution in [0.1, 0.15) is 186 Å². The highest BCUT2D eigenvalue weighted by Gasteiger charge is 2.30. The van der Waals surface area contributed by atoms with Crippen LogP contribution in [0.3, 0.4) is 0 Å². The minimum absolute atomic E-state index is 0.109. The Morgan fingerprint density at radius 1 is 0.526 bits per heavy atom. The smallest absolute Gasteiger partial charge is 0.330 e. The summed E-state index contributed by atoms with van der Waals surface area (Å²) in [5, 5.41) is 9.69. The zero-order valence-corrected chi connectivity index (χ0v) is 25.5. The van der Waals surface area contributed by atoms with Gasteiger partial charge in [-0.15, -0.1) is 0 Å². The highest BCUT2D eigenvalue weighted by atomic mass is 16.5. The maximum atomic E-state index is 11.2. The number of esters is 1. The second-order valence-corrected chi connectivity index (χ2v) is 12.5. The molecule has 0 bridgehead atoms. The summed E-state index contributed by atoms with van der Waals surface area (Å²) in [6.07, 6.45) is 41.7. The van der Waals surface area contributed by atoms with Crippen molar-refractivity contribution in [1.82, 2.24) is 0 Å². The fourth-order valence-electron chi connectivity index (χ4n) is 6.18. The molecule has 3 saturated carbocycles. The van der Waals surface area contributed by atoms with Crippen molar-refractivity contribution in [2.75, 3.05) is 13.2 Å². The molecule has 0 spiro atoms. The first kappa shape index (κ1) is 35.2. The molecule has 38 heavy (non-hydrogen) atoms. The van der Waals surface area contributed by atoms with Crippen LogP contribution in [0.25, 0.3) is 0 Å². The number of carbonyl (C=O) groups is 1. The molecule has 0 atom stereocenters. The molecule has 0 radical (unpaired) electrons. The lowest BCUT2D eigenvalue weighted by molar-refractivity contribution is -0.143. The van der Waals surface area contributed by atoms with Crippen molar-refractivity contribution in [3.8, 4) is 0 Å². The number of carbonyl (C=O) groups excluding carboxylic acids is 1. The average Bonchev–Trinajstić information content (AvgIpc) is 2.97. The Bertz CT molecular complexity index is 433. The first-order valence-corrected chi connectivity index (χ1v) is 17.1. The standard InChI is InChI=1S/C15H26O3.2C10H20/c1-2-14(17)18-13-15(12-16)10-8-6-4-3-5-7-9-11-15;2*1-2-4-6-8-10-9-7-5-3-1/h2,16H,1,3-13H2;2*1-10H2. The van der Waals surface area contributed by atoms with Gasteiger partial charge in [-0.2, -0.15) is 0 Å². The van der Waals surface area contributed by atoms with Crippen LogP contribution in [-0.2, 0) is 9.53 Å². The SMILES string of the molecule is C1CCCCCCCCC1.C1CCCCCCCCC1.C=CC(=O)OCC1(CO)CCCCCCCCC1. The van der Waals surface area contributed by atoms with Gasteiger partial charge in [0.15, 0.2) is 0 Å². The summed E-state index contributed by atoms with van der Waals surface area (Å²) in [6, 6.07) is 0. The van der Waals surface area contributed by atoms with E-state index in [1.807, 2.05) is 0 Å². The molecule has 224 valence electrons. The van der Waals surface area contributed by atoms with Crippen LogP contribution in [0.5, 0.6) is 0 Å². The van der Waals surface area contributed by atoms with Gasteiger partial charge < -0.3 is 9.84 Å². The molecule has 0 aromatic carbocycles. The molecule has 0 aromatic heterocycles. The van der Waals surface area contributed by atoms with Crippen molar-refractivity contribution in [2.45, 2.75) is 186 Å². The largest absolute Gasteiger partial charge is 0.462 e. The van der Waals surface area contributed by atoms with Crippen molar-refractivity contribution in [3.05, 3.63) is 12.7 Å². The summed E-state index contributed by atoms with van der Waals surface area (Å²) in [5.74, 6) is -0.389. The molecular weight excluding hydrogens is 468 g/mol. The third-order valence-electron chi connectivity index (χ3n) is 8.94. The predicted octanol–water partition coefficient (Wildman–Crippen LogP) is 11.0. The number of aliphatic hydroxyl groups excluding tert-OH is 1. The van der Waals surface area contributed by atoms with Gasteiger partial charge in [-0.25, -0.2) is 4.79 Å².